The Bertz CT molecular complexity index is 909. The Morgan fingerprint density at radius 1 is 1.33 bits per heavy atom. The molecule has 0 saturated heterocycles. The molecule has 2 rings (SSSR count). The van der Waals surface area contributed by atoms with Gasteiger partial charge in [-0.15, -0.1) is 0 Å². The van der Waals surface area contributed by atoms with Gasteiger partial charge >= 0.3 is 0 Å². The molecule has 0 aliphatic heterocycles. The van der Waals surface area contributed by atoms with Gasteiger partial charge in [-0.1, -0.05) is 30.3 Å². The predicted octanol–water partition coefficient (Wildman–Crippen LogP) is 3.47. The Morgan fingerprint density at radius 2 is 2.03 bits per heavy atom. The molecule has 6 nitrogen and oxygen atoms in total. The quantitative estimate of drug-likeness (QED) is 0.483. The van der Waals surface area contributed by atoms with E-state index in [-0.39, 0.29) is 17.5 Å². The van der Waals surface area contributed by atoms with Crippen LogP contribution in [0.1, 0.15) is 35.5 Å². The molecule has 1 unspecified atom stereocenters. The van der Waals surface area contributed by atoms with E-state index in [0.29, 0.717) is 19.7 Å². The van der Waals surface area contributed by atoms with E-state index >= 15 is 0 Å². The first-order valence-electron chi connectivity index (χ1n) is 10.2. The van der Waals surface area contributed by atoms with Crippen LogP contribution in [0.4, 0.5) is 0 Å². The fourth-order valence-electron chi connectivity index (χ4n) is 3.68. The predicted molar refractivity (Wildman–Crippen MR) is 120 cm³/mol. The first kappa shape index (κ1) is 23.4. The van der Waals surface area contributed by atoms with Crippen molar-refractivity contribution >= 4 is 12.0 Å². The molecular weight excluding hydrogens is 376 g/mol. The lowest BCUT2D eigenvalue weighted by molar-refractivity contribution is -0.117. The maximum Gasteiger partial charge on any atom is 0.261 e. The molecule has 0 aliphatic carbocycles. The van der Waals surface area contributed by atoms with Crippen molar-refractivity contribution in [3.05, 3.63) is 64.5 Å². The number of nitrogens with one attached hydrogen (secondary N) is 1. The third-order valence-electron chi connectivity index (χ3n) is 5.11. The van der Waals surface area contributed by atoms with Crippen molar-refractivity contribution in [2.45, 2.75) is 33.4 Å². The summed E-state index contributed by atoms with van der Waals surface area (Å²) in [4.78, 5) is 14.6. The van der Waals surface area contributed by atoms with Gasteiger partial charge < -0.3 is 19.5 Å². The van der Waals surface area contributed by atoms with Crippen molar-refractivity contribution in [3.8, 4) is 6.07 Å². The summed E-state index contributed by atoms with van der Waals surface area (Å²) >= 11 is 0. The van der Waals surface area contributed by atoms with Crippen LogP contribution >= 0.6 is 0 Å². The minimum absolute atomic E-state index is 0.111. The molecule has 0 saturated carbocycles. The number of aromatic nitrogens is 1. The highest BCUT2D eigenvalue weighted by Crippen LogP contribution is 2.22. The molecule has 0 spiro atoms. The largest absolute Gasteiger partial charge is 0.383 e. The number of carbonyl (C=O) groups is 1. The van der Waals surface area contributed by atoms with Crippen molar-refractivity contribution in [2.75, 3.05) is 33.9 Å². The zero-order chi connectivity index (χ0) is 22.1. The average Bonchev–Trinajstić information content (AvgIpc) is 2.99. The van der Waals surface area contributed by atoms with Gasteiger partial charge in [0.1, 0.15) is 11.6 Å². The van der Waals surface area contributed by atoms with Crippen LogP contribution in [-0.4, -0.2) is 49.2 Å². The number of aryl methyl sites for hydroxylation is 1. The van der Waals surface area contributed by atoms with Crippen LogP contribution < -0.4 is 5.32 Å². The van der Waals surface area contributed by atoms with Crippen molar-refractivity contribution in [2.24, 2.45) is 0 Å². The number of nitriles is 1. The van der Waals surface area contributed by atoms with E-state index in [4.69, 9.17) is 4.74 Å². The minimum atomic E-state index is -0.347. The van der Waals surface area contributed by atoms with E-state index < -0.39 is 0 Å². The third-order valence-corrected chi connectivity index (χ3v) is 5.11. The fraction of sp³-hybridized carbons (Fsp3) is 0.417. The second kappa shape index (κ2) is 11.3. The van der Waals surface area contributed by atoms with Crippen molar-refractivity contribution < 1.29 is 9.53 Å². The van der Waals surface area contributed by atoms with Crippen LogP contribution in [0.2, 0.25) is 0 Å². The second-order valence-electron chi connectivity index (χ2n) is 7.65. The van der Waals surface area contributed by atoms with E-state index in [0.717, 1.165) is 23.5 Å². The molecule has 0 fully saturated rings. The van der Waals surface area contributed by atoms with Crippen LogP contribution in [-0.2, 0) is 16.1 Å². The highest BCUT2D eigenvalue weighted by atomic mass is 16.5. The van der Waals surface area contributed by atoms with Crippen LogP contribution in [0.15, 0.2) is 42.0 Å². The standard InChI is InChI=1S/C24H32N4O2/c1-18-13-22(20(3)28(18)19(2)17-30-5)14-23(15-25)24(29)26-11-12-27(4)16-21-9-7-6-8-10-21/h6-10,13-14,19H,11-12,16-17H2,1-5H3,(H,26,29)/b23-14-. The Hall–Kier alpha value is -2.88. The first-order chi connectivity index (χ1) is 14.4. The number of hydrogen-bond donors (Lipinski definition) is 1. The van der Waals surface area contributed by atoms with Crippen LogP contribution in [0.5, 0.6) is 0 Å². The zero-order valence-corrected chi connectivity index (χ0v) is 18.6. The molecule has 6 heteroatoms. The number of ether oxygens (including phenoxy) is 1. The third kappa shape index (κ3) is 6.31. The summed E-state index contributed by atoms with van der Waals surface area (Å²) < 4.78 is 7.43. The molecule has 1 aromatic heterocycles. The SMILES string of the molecule is COCC(C)n1c(C)cc(/C=C(/C#N)C(=O)NCCN(C)Cc2ccccc2)c1C. The van der Waals surface area contributed by atoms with E-state index in [2.05, 4.69) is 33.8 Å². The molecule has 1 N–H and O–H groups in total. The van der Waals surface area contributed by atoms with Gasteiger partial charge in [0.15, 0.2) is 0 Å². The molecule has 1 atom stereocenters. The molecule has 0 aliphatic rings. The van der Waals surface area contributed by atoms with E-state index in [1.165, 1.54) is 5.56 Å². The highest BCUT2D eigenvalue weighted by molar-refractivity contribution is 6.01. The van der Waals surface area contributed by atoms with Gasteiger partial charge in [0.25, 0.3) is 5.91 Å². The Balaban J connectivity index is 1.98. The lowest BCUT2D eigenvalue weighted by atomic mass is 10.1. The zero-order valence-electron chi connectivity index (χ0n) is 18.6. The topological polar surface area (TPSA) is 70.3 Å². The number of nitrogens with zero attached hydrogens (tertiary/aromatic N) is 3. The van der Waals surface area contributed by atoms with Gasteiger partial charge in [-0.3, -0.25) is 4.79 Å². The second-order valence-corrected chi connectivity index (χ2v) is 7.65. The number of amides is 1. The number of carbonyl (C=O) groups excluding carboxylic acids is 1. The first-order valence-corrected chi connectivity index (χ1v) is 10.2. The molecule has 0 bridgehead atoms. The molecule has 1 aromatic carbocycles. The Kier molecular flexibility index (Phi) is 8.85. The van der Waals surface area contributed by atoms with Crippen LogP contribution in [0, 0.1) is 25.2 Å². The van der Waals surface area contributed by atoms with Gasteiger partial charge in [-0.05, 0) is 51.1 Å². The summed E-state index contributed by atoms with van der Waals surface area (Å²) in [6.45, 7) is 8.68. The lowest BCUT2D eigenvalue weighted by Gasteiger charge is -2.17. The van der Waals surface area contributed by atoms with E-state index in [1.54, 1.807) is 13.2 Å². The lowest BCUT2D eigenvalue weighted by Crippen LogP contribution is -2.33. The Labute approximate surface area is 179 Å². The molecule has 0 radical (unpaired) electrons. The number of methoxy groups -OCH3 is 1. The average molecular weight is 409 g/mol. The maximum atomic E-state index is 12.5. The van der Waals surface area contributed by atoms with Crippen LogP contribution in [0.25, 0.3) is 6.08 Å². The van der Waals surface area contributed by atoms with Gasteiger partial charge in [0.2, 0.25) is 0 Å². The molecule has 30 heavy (non-hydrogen) atoms. The summed E-state index contributed by atoms with van der Waals surface area (Å²) in [5.74, 6) is -0.347. The smallest absolute Gasteiger partial charge is 0.261 e. The monoisotopic (exact) mass is 408 g/mol. The molecule has 1 amide bonds. The van der Waals surface area contributed by atoms with Crippen LogP contribution in [0.3, 0.4) is 0 Å². The summed E-state index contributed by atoms with van der Waals surface area (Å²) in [5.41, 5.74) is 4.30. The summed E-state index contributed by atoms with van der Waals surface area (Å²) in [5, 5.41) is 12.4. The van der Waals surface area contributed by atoms with Gasteiger partial charge in [-0.25, -0.2) is 0 Å². The summed E-state index contributed by atoms with van der Waals surface area (Å²) in [6.07, 6.45) is 1.67. The minimum Gasteiger partial charge on any atom is -0.383 e. The van der Waals surface area contributed by atoms with E-state index in [9.17, 15) is 10.1 Å². The highest BCUT2D eigenvalue weighted by Gasteiger charge is 2.15. The number of likely N-dealkylation sites (N-methyl/N-ethyl adjacent to an activating group) is 1. The van der Waals surface area contributed by atoms with Crippen molar-refractivity contribution in [1.29, 1.82) is 5.26 Å². The normalized spacial score (nSPS) is 12.6. The summed E-state index contributed by atoms with van der Waals surface area (Å²) in [6, 6.07) is 14.4. The molecule has 1 heterocycles. The van der Waals surface area contributed by atoms with Crippen molar-refractivity contribution in [3.63, 3.8) is 0 Å². The maximum absolute atomic E-state index is 12.5. The number of hydrogen-bond acceptors (Lipinski definition) is 4. The molecular formula is C24H32N4O2. The number of rotatable bonds is 10. The van der Waals surface area contributed by atoms with E-state index in [1.807, 2.05) is 51.2 Å². The summed E-state index contributed by atoms with van der Waals surface area (Å²) in [7, 11) is 3.69. The number of benzene rings is 1. The molecule has 160 valence electrons. The van der Waals surface area contributed by atoms with Gasteiger partial charge in [-0.2, -0.15) is 5.26 Å². The Morgan fingerprint density at radius 3 is 2.67 bits per heavy atom. The van der Waals surface area contributed by atoms with Gasteiger partial charge in [0, 0.05) is 38.1 Å². The van der Waals surface area contributed by atoms with Gasteiger partial charge in [0.05, 0.1) is 12.6 Å². The fourth-order valence-corrected chi connectivity index (χ4v) is 3.68. The van der Waals surface area contributed by atoms with Crippen molar-refractivity contribution in [1.82, 2.24) is 14.8 Å². The molecule has 2 aromatic rings.